The quantitative estimate of drug-likeness (QED) is 0.386. The number of hydrogen-bond donors (Lipinski definition) is 1. The van der Waals surface area contributed by atoms with Gasteiger partial charge < -0.3 is 14.5 Å². The minimum absolute atomic E-state index is 0.105. The molecule has 1 N–H and O–H groups in total. The number of nitrogens with one attached hydrogen (secondary N) is 1. The molecular weight excluding hydrogens is 444 g/mol. The third kappa shape index (κ3) is 11.1. The van der Waals surface area contributed by atoms with Gasteiger partial charge in [-0.05, 0) is 63.1 Å². The van der Waals surface area contributed by atoms with Gasteiger partial charge in [-0.2, -0.15) is 5.48 Å². The number of rotatable bonds is 10. The zero-order chi connectivity index (χ0) is 25.8. The molecular formula is C28H38N2O5. The van der Waals surface area contributed by atoms with Gasteiger partial charge in [0.2, 0.25) is 0 Å². The summed E-state index contributed by atoms with van der Waals surface area (Å²) in [7, 11) is 1.55. The Balaban J connectivity index is 1.67. The fourth-order valence-corrected chi connectivity index (χ4v) is 3.46. The summed E-state index contributed by atoms with van der Waals surface area (Å²) in [6, 6.07) is 18.4. The van der Waals surface area contributed by atoms with Crippen molar-refractivity contribution in [3.63, 3.8) is 0 Å². The van der Waals surface area contributed by atoms with Crippen molar-refractivity contribution < 1.29 is 24.0 Å². The third-order valence-corrected chi connectivity index (χ3v) is 5.33. The Labute approximate surface area is 208 Å². The highest BCUT2D eigenvalue weighted by Crippen LogP contribution is 2.12. The molecule has 35 heavy (non-hydrogen) atoms. The van der Waals surface area contributed by atoms with Gasteiger partial charge in [0.25, 0.3) is 5.91 Å². The predicted octanol–water partition coefficient (Wildman–Crippen LogP) is 4.87. The number of unbranched alkanes of at least 4 members (excludes halogenated alkanes) is 1. The van der Waals surface area contributed by atoms with E-state index in [2.05, 4.69) is 29.7 Å². The highest BCUT2D eigenvalue weighted by atomic mass is 16.7. The highest BCUT2D eigenvalue weighted by molar-refractivity contribution is 5.80. The predicted molar refractivity (Wildman–Crippen MR) is 135 cm³/mol. The van der Waals surface area contributed by atoms with Crippen LogP contribution in [0.4, 0.5) is 4.79 Å². The van der Waals surface area contributed by atoms with Crippen molar-refractivity contribution in [1.29, 1.82) is 0 Å². The maximum absolute atomic E-state index is 12.2. The first-order chi connectivity index (χ1) is 16.5. The van der Waals surface area contributed by atoms with Crippen LogP contribution in [0.5, 0.6) is 0 Å². The molecule has 2 amide bonds. The molecule has 7 nitrogen and oxygen atoms in total. The van der Waals surface area contributed by atoms with Crippen LogP contribution >= 0.6 is 0 Å². The van der Waals surface area contributed by atoms with Gasteiger partial charge in [-0.1, -0.05) is 61.5 Å². The lowest BCUT2D eigenvalue weighted by atomic mass is 10.0. The van der Waals surface area contributed by atoms with Crippen LogP contribution in [0, 0.1) is 5.92 Å². The number of aryl methyl sites for hydroxylation is 2. The second kappa shape index (κ2) is 13.5. The average Bonchev–Trinajstić information content (AvgIpc) is 2.80. The summed E-state index contributed by atoms with van der Waals surface area (Å²) >= 11 is 0. The summed E-state index contributed by atoms with van der Waals surface area (Å²) in [4.78, 5) is 42.6. The summed E-state index contributed by atoms with van der Waals surface area (Å²) in [6.45, 7) is 7.04. The second-order valence-corrected chi connectivity index (χ2v) is 9.89. The van der Waals surface area contributed by atoms with E-state index in [1.807, 2.05) is 30.3 Å². The summed E-state index contributed by atoms with van der Waals surface area (Å²) in [5.41, 5.74) is 5.01. The van der Waals surface area contributed by atoms with Gasteiger partial charge in [0, 0.05) is 13.6 Å². The number of hydroxylamine groups is 1. The van der Waals surface area contributed by atoms with Gasteiger partial charge >= 0.3 is 12.1 Å². The molecule has 0 heterocycles. The van der Waals surface area contributed by atoms with E-state index in [0.29, 0.717) is 0 Å². The van der Waals surface area contributed by atoms with E-state index in [9.17, 15) is 14.4 Å². The van der Waals surface area contributed by atoms with E-state index in [1.165, 1.54) is 16.0 Å². The molecule has 0 unspecified atom stereocenters. The summed E-state index contributed by atoms with van der Waals surface area (Å²) in [5, 5.41) is 0. The van der Waals surface area contributed by atoms with Crippen molar-refractivity contribution in [3.8, 4) is 0 Å². The number of benzene rings is 2. The SMILES string of the molecule is C[C@@H](CN(C)C(=O)OC(C)(C)C)C(=O)ONC(=O)Cc1ccc(CCCCc2ccccc2)cc1. The van der Waals surface area contributed by atoms with Crippen LogP contribution in [0.1, 0.15) is 57.2 Å². The molecule has 0 fully saturated rings. The van der Waals surface area contributed by atoms with Crippen molar-refractivity contribution in [2.75, 3.05) is 13.6 Å². The molecule has 0 aliphatic heterocycles. The van der Waals surface area contributed by atoms with Gasteiger partial charge in [0.1, 0.15) is 5.60 Å². The largest absolute Gasteiger partial charge is 0.444 e. The summed E-state index contributed by atoms with van der Waals surface area (Å²) < 4.78 is 5.26. The standard InChI is InChI=1S/C28H38N2O5/c1-21(20-30(5)27(33)34-28(2,3)4)26(32)35-29-25(31)19-24-17-15-23(16-18-24)14-10-9-13-22-11-7-6-8-12-22/h6-8,11-12,15-18,21H,9-10,13-14,19-20H2,1-5H3,(H,29,31)/t21-/m0/s1. The Morgan fingerprint density at radius 2 is 1.43 bits per heavy atom. The lowest BCUT2D eigenvalue weighted by Gasteiger charge is -2.25. The van der Waals surface area contributed by atoms with E-state index in [0.717, 1.165) is 31.2 Å². The topological polar surface area (TPSA) is 84.9 Å². The van der Waals surface area contributed by atoms with Crippen LogP contribution in [0.15, 0.2) is 54.6 Å². The molecule has 0 aromatic heterocycles. The minimum Gasteiger partial charge on any atom is -0.444 e. The number of carbonyl (C=O) groups excluding carboxylic acids is 3. The van der Waals surface area contributed by atoms with Crippen LogP contribution in [-0.2, 0) is 38.4 Å². The zero-order valence-electron chi connectivity index (χ0n) is 21.5. The molecule has 2 aromatic rings. The van der Waals surface area contributed by atoms with Gasteiger partial charge in [-0.3, -0.25) is 4.79 Å². The Morgan fingerprint density at radius 3 is 2.00 bits per heavy atom. The number of nitrogens with zero attached hydrogens (tertiary/aromatic N) is 1. The lowest BCUT2D eigenvalue weighted by molar-refractivity contribution is -0.162. The fourth-order valence-electron chi connectivity index (χ4n) is 3.46. The smallest absolute Gasteiger partial charge is 0.410 e. The minimum atomic E-state index is -0.631. The molecule has 190 valence electrons. The van der Waals surface area contributed by atoms with Crippen molar-refractivity contribution >= 4 is 18.0 Å². The van der Waals surface area contributed by atoms with Gasteiger partial charge in [0.05, 0.1) is 12.3 Å². The molecule has 2 aromatic carbocycles. The van der Waals surface area contributed by atoms with Crippen molar-refractivity contribution in [2.24, 2.45) is 5.92 Å². The van der Waals surface area contributed by atoms with Crippen LogP contribution in [-0.4, -0.2) is 42.1 Å². The third-order valence-electron chi connectivity index (χ3n) is 5.33. The monoisotopic (exact) mass is 482 g/mol. The van der Waals surface area contributed by atoms with Crippen molar-refractivity contribution in [1.82, 2.24) is 10.4 Å². The molecule has 0 bridgehead atoms. The fraction of sp³-hybridized carbons (Fsp3) is 0.464. The molecule has 0 aliphatic rings. The molecule has 0 radical (unpaired) electrons. The maximum atomic E-state index is 12.2. The van der Waals surface area contributed by atoms with E-state index in [4.69, 9.17) is 9.57 Å². The molecule has 2 rings (SSSR count). The number of carbonyl (C=O) groups is 3. The molecule has 0 saturated carbocycles. The lowest BCUT2D eigenvalue weighted by Crippen LogP contribution is -2.39. The Kier molecular flexibility index (Phi) is 10.8. The first-order valence-corrected chi connectivity index (χ1v) is 12.1. The zero-order valence-corrected chi connectivity index (χ0v) is 21.5. The first kappa shape index (κ1) is 27.9. The molecule has 0 spiro atoms. The van der Waals surface area contributed by atoms with E-state index in [1.54, 1.807) is 34.7 Å². The molecule has 1 atom stereocenters. The van der Waals surface area contributed by atoms with E-state index < -0.39 is 29.5 Å². The maximum Gasteiger partial charge on any atom is 0.410 e. The molecule has 7 heteroatoms. The van der Waals surface area contributed by atoms with E-state index >= 15 is 0 Å². The Hall–Kier alpha value is -3.35. The van der Waals surface area contributed by atoms with Crippen LogP contribution < -0.4 is 5.48 Å². The Bertz CT molecular complexity index is 952. The van der Waals surface area contributed by atoms with Gasteiger partial charge in [-0.25, -0.2) is 9.59 Å². The summed E-state index contributed by atoms with van der Waals surface area (Å²) in [6.07, 6.45) is 3.88. The van der Waals surface area contributed by atoms with Crippen LogP contribution in [0.25, 0.3) is 0 Å². The number of amides is 2. The van der Waals surface area contributed by atoms with E-state index in [-0.39, 0.29) is 13.0 Å². The average molecular weight is 483 g/mol. The van der Waals surface area contributed by atoms with Crippen LogP contribution in [0.2, 0.25) is 0 Å². The van der Waals surface area contributed by atoms with Crippen molar-refractivity contribution in [2.45, 2.75) is 65.4 Å². The molecule has 0 aliphatic carbocycles. The first-order valence-electron chi connectivity index (χ1n) is 12.1. The second-order valence-electron chi connectivity index (χ2n) is 9.89. The normalized spacial score (nSPS) is 11.9. The summed E-state index contributed by atoms with van der Waals surface area (Å²) in [5.74, 6) is -1.67. The number of hydrogen-bond acceptors (Lipinski definition) is 5. The Morgan fingerprint density at radius 1 is 0.886 bits per heavy atom. The van der Waals surface area contributed by atoms with Gasteiger partial charge in [-0.15, -0.1) is 0 Å². The number of ether oxygens (including phenoxy) is 1. The highest BCUT2D eigenvalue weighted by Gasteiger charge is 2.24. The van der Waals surface area contributed by atoms with Crippen molar-refractivity contribution in [3.05, 3.63) is 71.3 Å². The van der Waals surface area contributed by atoms with Gasteiger partial charge in [0.15, 0.2) is 0 Å². The van der Waals surface area contributed by atoms with Crippen LogP contribution in [0.3, 0.4) is 0 Å². The molecule has 0 saturated heterocycles.